The summed E-state index contributed by atoms with van der Waals surface area (Å²) in [5.74, 6) is 0. The van der Waals surface area contributed by atoms with Gasteiger partial charge >= 0.3 is 0 Å². The van der Waals surface area contributed by atoms with Gasteiger partial charge < -0.3 is 4.55 Å². The molecule has 0 fully saturated rings. The molecule has 4 heteroatoms. The third-order valence-electron chi connectivity index (χ3n) is 1.81. The molecule has 0 aliphatic rings. The third kappa shape index (κ3) is 3.10. The second-order valence-electron chi connectivity index (χ2n) is 2.88. The molecule has 0 saturated heterocycles. The summed E-state index contributed by atoms with van der Waals surface area (Å²) in [5.41, 5.74) is 0.916. The van der Waals surface area contributed by atoms with Crippen LogP contribution in [-0.4, -0.2) is 14.0 Å². The molecule has 72 valence electrons. The molecule has 1 N–H and O–H groups in total. The van der Waals surface area contributed by atoms with E-state index < -0.39 is 11.1 Å². The fourth-order valence-corrected chi connectivity index (χ4v) is 1.58. The van der Waals surface area contributed by atoms with Crippen LogP contribution in [0.4, 0.5) is 0 Å². The first-order valence-corrected chi connectivity index (χ1v) is 5.49. The van der Waals surface area contributed by atoms with E-state index in [9.17, 15) is 4.21 Å². The molecule has 0 bridgehead atoms. The van der Waals surface area contributed by atoms with Crippen LogP contribution in [0.5, 0.6) is 0 Å². The second-order valence-corrected chi connectivity index (χ2v) is 4.65. The summed E-state index contributed by atoms with van der Waals surface area (Å²) in [6, 6.07) is 7.36. The van der Waals surface area contributed by atoms with Crippen molar-refractivity contribution >= 4 is 22.7 Å². The van der Waals surface area contributed by atoms with E-state index in [1.54, 1.807) is 13.0 Å². The minimum Gasteiger partial charge on any atom is -0.306 e. The van der Waals surface area contributed by atoms with Gasteiger partial charge in [0.2, 0.25) is 0 Å². The van der Waals surface area contributed by atoms with E-state index >= 15 is 0 Å². The maximum absolute atomic E-state index is 10.7. The Balaban J connectivity index is 2.74. The molecule has 1 aromatic carbocycles. The Morgan fingerprint density at radius 1 is 1.54 bits per heavy atom. The van der Waals surface area contributed by atoms with Crippen molar-refractivity contribution in [3.63, 3.8) is 0 Å². The SMILES string of the molecule is CC(Cc1ccccc1Cl)S(=O)O. The summed E-state index contributed by atoms with van der Waals surface area (Å²) < 4.78 is 19.5. The summed E-state index contributed by atoms with van der Waals surface area (Å²) in [6.45, 7) is 1.72. The lowest BCUT2D eigenvalue weighted by Gasteiger charge is -2.07. The molecule has 0 radical (unpaired) electrons. The standard InChI is InChI=1S/C9H11ClO2S/c1-7(13(11)12)6-8-4-2-3-5-9(8)10/h2-5,7H,6H2,1H3,(H,11,12). The molecular weight excluding hydrogens is 208 g/mol. The van der Waals surface area contributed by atoms with E-state index in [4.69, 9.17) is 16.2 Å². The summed E-state index contributed by atoms with van der Waals surface area (Å²) in [4.78, 5) is 0. The minimum absolute atomic E-state index is 0.278. The van der Waals surface area contributed by atoms with Gasteiger partial charge in [0.05, 0.1) is 5.25 Å². The van der Waals surface area contributed by atoms with Crippen LogP contribution in [0.15, 0.2) is 24.3 Å². The maximum Gasteiger partial charge on any atom is 0.156 e. The molecular formula is C9H11ClO2S. The Morgan fingerprint density at radius 2 is 2.15 bits per heavy atom. The molecule has 0 saturated carbocycles. The van der Waals surface area contributed by atoms with Gasteiger partial charge in [0.1, 0.15) is 0 Å². The van der Waals surface area contributed by atoms with Crippen molar-refractivity contribution in [1.29, 1.82) is 0 Å². The maximum atomic E-state index is 10.7. The van der Waals surface area contributed by atoms with Crippen LogP contribution in [0.25, 0.3) is 0 Å². The highest BCUT2D eigenvalue weighted by Gasteiger charge is 2.10. The Hall–Kier alpha value is -0.380. The first-order valence-electron chi connectivity index (χ1n) is 3.94. The highest BCUT2D eigenvalue weighted by atomic mass is 35.5. The number of rotatable bonds is 3. The molecule has 0 spiro atoms. The van der Waals surface area contributed by atoms with Crippen LogP contribution >= 0.6 is 11.6 Å². The number of hydrogen-bond acceptors (Lipinski definition) is 1. The van der Waals surface area contributed by atoms with Gasteiger partial charge in [-0.25, -0.2) is 4.21 Å². The van der Waals surface area contributed by atoms with Crippen LogP contribution < -0.4 is 0 Å². The number of benzene rings is 1. The summed E-state index contributed by atoms with van der Waals surface area (Å²) >= 11 is 4.11. The van der Waals surface area contributed by atoms with Crippen molar-refractivity contribution in [2.45, 2.75) is 18.6 Å². The van der Waals surface area contributed by atoms with Gasteiger partial charge in [0.25, 0.3) is 0 Å². The highest BCUT2D eigenvalue weighted by Crippen LogP contribution is 2.17. The molecule has 0 heterocycles. The Labute approximate surface area is 85.2 Å². The molecule has 0 aromatic heterocycles. The van der Waals surface area contributed by atoms with Crippen molar-refractivity contribution in [2.75, 3.05) is 0 Å². The molecule has 2 nitrogen and oxygen atoms in total. The Kier molecular flexibility index (Phi) is 3.90. The Bertz CT molecular complexity index is 314. The average Bonchev–Trinajstić information content (AvgIpc) is 2.08. The zero-order valence-corrected chi connectivity index (χ0v) is 8.81. The molecule has 0 amide bonds. The van der Waals surface area contributed by atoms with Crippen molar-refractivity contribution < 1.29 is 8.76 Å². The predicted octanol–water partition coefficient (Wildman–Crippen LogP) is 2.49. The van der Waals surface area contributed by atoms with Crippen LogP contribution in [0, 0.1) is 0 Å². The van der Waals surface area contributed by atoms with Crippen LogP contribution in [0.2, 0.25) is 5.02 Å². The van der Waals surface area contributed by atoms with Gasteiger partial charge in [0.15, 0.2) is 11.1 Å². The van der Waals surface area contributed by atoms with E-state index in [1.165, 1.54) is 0 Å². The lowest BCUT2D eigenvalue weighted by Crippen LogP contribution is -2.12. The number of hydrogen-bond donors (Lipinski definition) is 1. The summed E-state index contributed by atoms with van der Waals surface area (Å²) in [6.07, 6.45) is 0.531. The fraction of sp³-hybridized carbons (Fsp3) is 0.333. The van der Waals surface area contributed by atoms with Crippen molar-refractivity contribution in [2.24, 2.45) is 0 Å². The molecule has 1 aromatic rings. The molecule has 2 unspecified atom stereocenters. The highest BCUT2D eigenvalue weighted by molar-refractivity contribution is 7.79. The van der Waals surface area contributed by atoms with Crippen LogP contribution in [-0.2, 0) is 17.5 Å². The number of halogens is 1. The van der Waals surface area contributed by atoms with Crippen molar-refractivity contribution in [3.05, 3.63) is 34.9 Å². The third-order valence-corrected chi connectivity index (χ3v) is 3.03. The quantitative estimate of drug-likeness (QED) is 0.792. The van der Waals surface area contributed by atoms with Crippen LogP contribution in [0.1, 0.15) is 12.5 Å². The van der Waals surface area contributed by atoms with Gasteiger partial charge in [-0.05, 0) is 25.0 Å². The van der Waals surface area contributed by atoms with E-state index in [0.717, 1.165) is 5.56 Å². The van der Waals surface area contributed by atoms with E-state index in [-0.39, 0.29) is 5.25 Å². The largest absolute Gasteiger partial charge is 0.306 e. The lowest BCUT2D eigenvalue weighted by molar-refractivity contribution is 0.550. The molecule has 2 atom stereocenters. The van der Waals surface area contributed by atoms with Gasteiger partial charge in [0, 0.05) is 5.02 Å². The molecule has 1 rings (SSSR count). The van der Waals surface area contributed by atoms with Crippen LogP contribution in [0.3, 0.4) is 0 Å². The molecule has 13 heavy (non-hydrogen) atoms. The molecule has 0 aliphatic heterocycles. The zero-order valence-electron chi connectivity index (χ0n) is 7.24. The van der Waals surface area contributed by atoms with Gasteiger partial charge in [-0.3, -0.25) is 0 Å². The first kappa shape index (κ1) is 10.7. The monoisotopic (exact) mass is 218 g/mol. The van der Waals surface area contributed by atoms with Crippen molar-refractivity contribution in [1.82, 2.24) is 0 Å². The topological polar surface area (TPSA) is 37.3 Å². The average molecular weight is 219 g/mol. The normalized spacial score (nSPS) is 15.3. The minimum atomic E-state index is -1.78. The van der Waals surface area contributed by atoms with E-state index in [2.05, 4.69) is 0 Å². The van der Waals surface area contributed by atoms with Crippen molar-refractivity contribution in [3.8, 4) is 0 Å². The van der Waals surface area contributed by atoms with Gasteiger partial charge in [-0.1, -0.05) is 29.8 Å². The fourth-order valence-electron chi connectivity index (χ4n) is 1.04. The van der Waals surface area contributed by atoms with Gasteiger partial charge in [-0.2, -0.15) is 0 Å². The van der Waals surface area contributed by atoms with E-state index in [1.807, 2.05) is 18.2 Å². The zero-order chi connectivity index (χ0) is 9.84. The van der Waals surface area contributed by atoms with E-state index in [0.29, 0.717) is 11.4 Å². The Morgan fingerprint density at radius 3 is 2.69 bits per heavy atom. The summed E-state index contributed by atoms with van der Waals surface area (Å²) in [5, 5.41) is 0.375. The summed E-state index contributed by atoms with van der Waals surface area (Å²) in [7, 11) is 0. The predicted molar refractivity (Wildman–Crippen MR) is 55.4 cm³/mol. The lowest BCUT2D eigenvalue weighted by atomic mass is 10.1. The second kappa shape index (κ2) is 4.74. The van der Waals surface area contributed by atoms with Gasteiger partial charge in [-0.15, -0.1) is 0 Å². The smallest absolute Gasteiger partial charge is 0.156 e. The first-order chi connectivity index (χ1) is 6.11. The molecule has 0 aliphatic carbocycles.